The fourth-order valence-electron chi connectivity index (χ4n) is 6.39. The van der Waals surface area contributed by atoms with Gasteiger partial charge in [-0.05, 0) is 86.8 Å². The summed E-state index contributed by atoms with van der Waals surface area (Å²) in [5.41, 5.74) is 8.00. The summed E-state index contributed by atoms with van der Waals surface area (Å²) in [5.74, 6) is 0. The van der Waals surface area contributed by atoms with Gasteiger partial charge in [-0.2, -0.15) is 0 Å². The summed E-state index contributed by atoms with van der Waals surface area (Å²) in [5, 5.41) is 10.0. The van der Waals surface area contributed by atoms with Crippen molar-refractivity contribution < 1.29 is 51.4 Å². The standard InChI is InChI=1S/C35H23N2.C2H6.K/c1-3-10-22-20-27-25-14-9-16-30-33(25)35-31(37(30)23-11-6-5-7-12-23)18-17-29-34(35)32-24(13-8-15-28(32)36-29)26(27)19-21(22)4-2;1-2;/h3-20H,2H2,1H3;1-2H3;/q-1;;+1/b10-3-,26-24?,27-25?;;. The molecule has 2 nitrogen and oxygen atoms in total. The molecule has 2 aromatic heterocycles. The van der Waals surface area contributed by atoms with Gasteiger partial charge in [-0.1, -0.05) is 93.3 Å². The van der Waals surface area contributed by atoms with Crippen molar-refractivity contribution in [2.45, 2.75) is 20.8 Å². The molecule has 3 heteroatoms. The van der Waals surface area contributed by atoms with Gasteiger partial charge >= 0.3 is 51.4 Å². The first-order valence-corrected chi connectivity index (χ1v) is 13.7. The van der Waals surface area contributed by atoms with Crippen LogP contribution < -0.4 is 56.4 Å². The molecule has 0 bridgehead atoms. The molecule has 0 aliphatic rings. The molecular formula is C37H29KN2. The van der Waals surface area contributed by atoms with Gasteiger partial charge in [0, 0.05) is 16.5 Å². The largest absolute Gasteiger partial charge is 1.00 e. The third kappa shape index (κ3) is 3.77. The molecule has 0 aliphatic heterocycles. The zero-order valence-electron chi connectivity index (χ0n) is 23.5. The molecule has 0 fully saturated rings. The minimum Gasteiger partial charge on any atom is -0.657 e. The van der Waals surface area contributed by atoms with Crippen LogP contribution in [0.4, 0.5) is 0 Å². The molecule has 0 atom stereocenters. The van der Waals surface area contributed by atoms with Crippen LogP contribution in [0.25, 0.3) is 83.0 Å². The van der Waals surface area contributed by atoms with E-state index in [4.69, 9.17) is 4.98 Å². The number of aromatic nitrogens is 2. The van der Waals surface area contributed by atoms with E-state index in [1.807, 2.05) is 19.9 Å². The van der Waals surface area contributed by atoms with Crippen molar-refractivity contribution >= 4 is 77.3 Å². The van der Waals surface area contributed by atoms with Crippen LogP contribution in [0.1, 0.15) is 31.9 Å². The maximum absolute atomic E-state index is 5.11. The minimum absolute atomic E-state index is 0. The Kier molecular flexibility index (Phi) is 7.20. The Labute approximate surface area is 276 Å². The first-order chi connectivity index (χ1) is 19.3. The molecule has 0 spiro atoms. The molecule has 2 heterocycles. The second-order valence-corrected chi connectivity index (χ2v) is 9.77. The zero-order chi connectivity index (χ0) is 26.7. The summed E-state index contributed by atoms with van der Waals surface area (Å²) in [6, 6.07) is 33.0. The van der Waals surface area contributed by atoms with E-state index >= 15 is 0 Å². The van der Waals surface area contributed by atoms with Crippen molar-refractivity contribution in [3.63, 3.8) is 0 Å². The summed E-state index contributed by atoms with van der Waals surface area (Å²) in [7, 11) is 0. The summed E-state index contributed by atoms with van der Waals surface area (Å²) < 4.78 is 2.41. The van der Waals surface area contributed by atoms with Crippen LogP contribution in [0.2, 0.25) is 0 Å². The van der Waals surface area contributed by atoms with E-state index in [1.54, 1.807) is 0 Å². The van der Waals surface area contributed by atoms with Crippen LogP contribution in [-0.4, -0.2) is 4.57 Å². The van der Waals surface area contributed by atoms with Gasteiger partial charge in [0.05, 0.1) is 11.0 Å². The van der Waals surface area contributed by atoms with Crippen LogP contribution in [-0.2, 0) is 0 Å². The summed E-state index contributed by atoms with van der Waals surface area (Å²) in [6.45, 7) is 10.2. The molecule has 8 aromatic rings. The first-order valence-electron chi connectivity index (χ1n) is 13.7. The predicted molar refractivity (Wildman–Crippen MR) is 171 cm³/mol. The number of hydrogen-bond donors (Lipinski definition) is 0. The fraction of sp³-hybridized carbons (Fsp3) is 0.0811. The van der Waals surface area contributed by atoms with Gasteiger partial charge in [0.1, 0.15) is 0 Å². The molecular weight excluding hydrogens is 512 g/mol. The third-order valence-corrected chi connectivity index (χ3v) is 7.85. The molecule has 0 aliphatic carbocycles. The predicted octanol–water partition coefficient (Wildman–Crippen LogP) is 7.50. The number of para-hydroxylation sites is 1. The topological polar surface area (TPSA) is 19.0 Å². The molecule has 40 heavy (non-hydrogen) atoms. The molecule has 188 valence electrons. The van der Waals surface area contributed by atoms with Crippen molar-refractivity contribution in [3.05, 3.63) is 115 Å². The van der Waals surface area contributed by atoms with E-state index in [0.717, 1.165) is 16.6 Å². The Balaban J connectivity index is 0.000000945. The molecule has 8 rings (SSSR count). The molecule has 0 saturated heterocycles. The van der Waals surface area contributed by atoms with Crippen LogP contribution in [0.5, 0.6) is 0 Å². The fourth-order valence-corrected chi connectivity index (χ4v) is 6.39. The molecule has 6 aromatic carbocycles. The summed E-state index contributed by atoms with van der Waals surface area (Å²) in [4.78, 5) is 5.11. The monoisotopic (exact) mass is 540 g/mol. The SMILES string of the molecule is C=Cc1cc2c(cc1/C=C\C)c1cccc3c1c1c4c(ccc1n3-c1ccccc1)[n-]c1cccc2c14.CC.[K+]. The normalized spacial score (nSPS) is 11.7. The maximum atomic E-state index is 5.11. The van der Waals surface area contributed by atoms with Crippen LogP contribution in [0, 0.1) is 0 Å². The van der Waals surface area contributed by atoms with E-state index in [-0.39, 0.29) is 51.4 Å². The van der Waals surface area contributed by atoms with Crippen LogP contribution >= 0.6 is 0 Å². The van der Waals surface area contributed by atoms with Gasteiger partial charge in [-0.15, -0.1) is 11.0 Å². The van der Waals surface area contributed by atoms with E-state index in [1.165, 1.54) is 65.4 Å². The molecule has 0 radical (unpaired) electrons. The Hall–Kier alpha value is -3.18. The maximum Gasteiger partial charge on any atom is 1.00 e. The molecule has 0 amide bonds. The van der Waals surface area contributed by atoms with E-state index in [0.29, 0.717) is 0 Å². The average Bonchev–Trinajstić information content (AvgIpc) is 3.53. The molecule has 0 saturated carbocycles. The van der Waals surface area contributed by atoms with Gasteiger partial charge in [-0.3, -0.25) is 0 Å². The number of allylic oxidation sites excluding steroid dienone is 1. The minimum atomic E-state index is 0. The van der Waals surface area contributed by atoms with Gasteiger partial charge in [0.25, 0.3) is 0 Å². The number of benzene rings is 5. The van der Waals surface area contributed by atoms with E-state index < -0.39 is 0 Å². The second kappa shape index (κ2) is 10.7. The Morgan fingerprint density at radius 3 is 2.00 bits per heavy atom. The van der Waals surface area contributed by atoms with E-state index in [2.05, 4.69) is 121 Å². The quantitative estimate of drug-likeness (QED) is 0.212. The van der Waals surface area contributed by atoms with Crippen molar-refractivity contribution in [1.29, 1.82) is 0 Å². The Morgan fingerprint density at radius 2 is 1.27 bits per heavy atom. The number of nitrogens with zero attached hydrogens (tertiary/aromatic N) is 2. The summed E-state index contributed by atoms with van der Waals surface area (Å²) in [6.07, 6.45) is 6.24. The smallest absolute Gasteiger partial charge is 0.657 e. The van der Waals surface area contributed by atoms with Crippen molar-refractivity contribution in [2.75, 3.05) is 0 Å². The third-order valence-electron chi connectivity index (χ3n) is 7.85. The Morgan fingerprint density at radius 1 is 0.625 bits per heavy atom. The van der Waals surface area contributed by atoms with Crippen LogP contribution in [0.3, 0.4) is 0 Å². The average molecular weight is 541 g/mol. The van der Waals surface area contributed by atoms with Crippen molar-refractivity contribution in [3.8, 4) is 5.69 Å². The van der Waals surface area contributed by atoms with Gasteiger partial charge < -0.3 is 9.55 Å². The van der Waals surface area contributed by atoms with Crippen molar-refractivity contribution in [2.24, 2.45) is 0 Å². The number of hydrogen-bond acceptors (Lipinski definition) is 0. The molecule has 0 N–H and O–H groups in total. The second-order valence-electron chi connectivity index (χ2n) is 9.77. The van der Waals surface area contributed by atoms with Crippen molar-refractivity contribution in [1.82, 2.24) is 9.55 Å². The number of fused-ring (bicyclic) bond motifs is 3. The zero-order valence-corrected chi connectivity index (χ0v) is 26.6. The summed E-state index contributed by atoms with van der Waals surface area (Å²) >= 11 is 0. The van der Waals surface area contributed by atoms with Gasteiger partial charge in [-0.25, -0.2) is 0 Å². The number of rotatable bonds is 3. The van der Waals surface area contributed by atoms with Gasteiger partial charge in [0.15, 0.2) is 0 Å². The Bertz CT molecular complexity index is 2210. The molecule has 0 unspecified atom stereocenters. The first kappa shape index (κ1) is 27.0. The van der Waals surface area contributed by atoms with Gasteiger partial charge in [0.2, 0.25) is 0 Å². The van der Waals surface area contributed by atoms with Crippen LogP contribution in [0.15, 0.2) is 104 Å². The van der Waals surface area contributed by atoms with E-state index in [9.17, 15) is 0 Å².